The molecule has 0 heterocycles. The molecule has 4 heteroatoms. The van der Waals surface area contributed by atoms with E-state index in [0.717, 1.165) is 19.3 Å². The Kier molecular flexibility index (Phi) is 5.18. The zero-order valence-electron chi connectivity index (χ0n) is 9.28. The molecule has 0 saturated heterocycles. The van der Waals surface area contributed by atoms with Crippen molar-refractivity contribution in [3.63, 3.8) is 0 Å². The molecule has 86 valence electrons. The number of aliphatic hydroxyl groups is 1. The maximum absolute atomic E-state index is 11.7. The summed E-state index contributed by atoms with van der Waals surface area (Å²) in [5.41, 5.74) is 0. The summed E-state index contributed by atoms with van der Waals surface area (Å²) >= 11 is 0. The van der Waals surface area contributed by atoms with Crippen molar-refractivity contribution in [2.45, 2.75) is 32.2 Å². The first-order valence-corrected chi connectivity index (χ1v) is 5.56. The van der Waals surface area contributed by atoms with Crippen LogP contribution >= 0.6 is 0 Å². The lowest BCUT2D eigenvalue weighted by molar-refractivity contribution is 0.174. The monoisotopic (exact) mass is 212 g/mol. The quantitative estimate of drug-likeness (QED) is 0.512. The van der Waals surface area contributed by atoms with Gasteiger partial charge in [-0.3, -0.25) is 0 Å². The van der Waals surface area contributed by atoms with Crippen molar-refractivity contribution >= 4 is 6.03 Å². The van der Waals surface area contributed by atoms with Crippen LogP contribution < -0.4 is 5.32 Å². The number of urea groups is 1. The van der Waals surface area contributed by atoms with Gasteiger partial charge in [0.05, 0.1) is 6.61 Å². The van der Waals surface area contributed by atoms with Gasteiger partial charge in [0, 0.05) is 19.1 Å². The SMILES string of the molecule is CC=CCCNC(=O)N(CCO)C1CC1. The van der Waals surface area contributed by atoms with E-state index in [1.54, 1.807) is 4.90 Å². The van der Waals surface area contributed by atoms with Crippen molar-refractivity contribution < 1.29 is 9.90 Å². The average Bonchev–Trinajstić information content (AvgIpc) is 3.04. The third-order valence-corrected chi connectivity index (χ3v) is 2.41. The summed E-state index contributed by atoms with van der Waals surface area (Å²) in [4.78, 5) is 13.4. The Hall–Kier alpha value is -1.03. The number of aliphatic hydroxyl groups excluding tert-OH is 1. The zero-order chi connectivity index (χ0) is 11.1. The molecule has 2 amide bonds. The molecule has 0 aromatic carbocycles. The fourth-order valence-corrected chi connectivity index (χ4v) is 1.47. The minimum atomic E-state index is -0.0453. The standard InChI is InChI=1S/C11H20N2O2/c1-2-3-4-7-12-11(15)13(8-9-14)10-5-6-10/h2-3,10,14H,4-9H2,1H3,(H,12,15). The number of hydrogen-bond donors (Lipinski definition) is 2. The molecule has 1 rings (SSSR count). The molecule has 1 fully saturated rings. The van der Waals surface area contributed by atoms with Crippen LogP contribution in [0.25, 0.3) is 0 Å². The highest BCUT2D eigenvalue weighted by molar-refractivity contribution is 5.74. The van der Waals surface area contributed by atoms with E-state index in [-0.39, 0.29) is 12.6 Å². The van der Waals surface area contributed by atoms with Crippen LogP contribution in [-0.4, -0.2) is 41.8 Å². The molecule has 1 saturated carbocycles. The molecular formula is C11H20N2O2. The topological polar surface area (TPSA) is 52.6 Å². The first-order chi connectivity index (χ1) is 7.29. The maximum atomic E-state index is 11.7. The van der Waals surface area contributed by atoms with Gasteiger partial charge in [-0.15, -0.1) is 0 Å². The van der Waals surface area contributed by atoms with Gasteiger partial charge >= 0.3 is 6.03 Å². The minimum absolute atomic E-state index is 0.0405. The molecule has 0 unspecified atom stereocenters. The lowest BCUT2D eigenvalue weighted by atomic mass is 10.4. The van der Waals surface area contributed by atoms with Crippen LogP contribution in [0.1, 0.15) is 26.2 Å². The molecule has 0 radical (unpaired) electrons. The van der Waals surface area contributed by atoms with Crippen LogP contribution in [0.15, 0.2) is 12.2 Å². The first-order valence-electron chi connectivity index (χ1n) is 5.56. The van der Waals surface area contributed by atoms with E-state index < -0.39 is 0 Å². The molecule has 15 heavy (non-hydrogen) atoms. The van der Waals surface area contributed by atoms with Gasteiger partial charge in [0.2, 0.25) is 0 Å². The molecule has 0 aliphatic heterocycles. The fraction of sp³-hybridized carbons (Fsp3) is 0.727. The molecule has 0 aromatic rings. The molecule has 2 N–H and O–H groups in total. The van der Waals surface area contributed by atoms with Crippen molar-refractivity contribution in [2.24, 2.45) is 0 Å². The van der Waals surface area contributed by atoms with Crippen molar-refractivity contribution in [3.8, 4) is 0 Å². The molecule has 1 aliphatic carbocycles. The normalized spacial score (nSPS) is 15.6. The molecule has 0 aromatic heterocycles. The van der Waals surface area contributed by atoms with Crippen LogP contribution in [0.3, 0.4) is 0 Å². The Balaban J connectivity index is 2.22. The highest BCUT2D eigenvalue weighted by atomic mass is 16.3. The van der Waals surface area contributed by atoms with Crippen LogP contribution in [0, 0.1) is 0 Å². The fourth-order valence-electron chi connectivity index (χ4n) is 1.47. The minimum Gasteiger partial charge on any atom is -0.395 e. The van der Waals surface area contributed by atoms with Crippen molar-refractivity contribution in [3.05, 3.63) is 12.2 Å². The van der Waals surface area contributed by atoms with Gasteiger partial charge < -0.3 is 15.3 Å². The van der Waals surface area contributed by atoms with E-state index in [1.165, 1.54) is 0 Å². The summed E-state index contributed by atoms with van der Waals surface area (Å²) in [6, 6.07) is 0.315. The van der Waals surface area contributed by atoms with E-state index in [4.69, 9.17) is 5.11 Å². The van der Waals surface area contributed by atoms with Crippen molar-refractivity contribution in [1.29, 1.82) is 0 Å². The summed E-state index contributed by atoms with van der Waals surface area (Å²) in [5, 5.41) is 11.7. The van der Waals surface area contributed by atoms with Crippen LogP contribution in [-0.2, 0) is 0 Å². The van der Waals surface area contributed by atoms with Crippen LogP contribution in [0.4, 0.5) is 4.79 Å². The van der Waals surface area contributed by atoms with Crippen LogP contribution in [0.2, 0.25) is 0 Å². The van der Waals surface area contributed by atoms with Gasteiger partial charge in [-0.1, -0.05) is 12.2 Å². The van der Waals surface area contributed by atoms with E-state index >= 15 is 0 Å². The number of amides is 2. The van der Waals surface area contributed by atoms with E-state index in [0.29, 0.717) is 19.1 Å². The van der Waals surface area contributed by atoms with E-state index in [1.807, 2.05) is 19.1 Å². The second-order valence-electron chi connectivity index (χ2n) is 3.74. The Bertz CT molecular complexity index is 225. The van der Waals surface area contributed by atoms with Crippen molar-refractivity contribution in [1.82, 2.24) is 10.2 Å². The molecule has 0 atom stereocenters. The van der Waals surface area contributed by atoms with Gasteiger partial charge in [0.1, 0.15) is 0 Å². The van der Waals surface area contributed by atoms with Gasteiger partial charge in [-0.2, -0.15) is 0 Å². The Labute approximate surface area is 91.0 Å². The number of nitrogens with one attached hydrogen (secondary N) is 1. The number of allylic oxidation sites excluding steroid dienone is 1. The molecule has 0 spiro atoms. The van der Waals surface area contributed by atoms with Crippen molar-refractivity contribution in [2.75, 3.05) is 19.7 Å². The number of nitrogens with zero attached hydrogens (tertiary/aromatic N) is 1. The Morgan fingerprint density at radius 1 is 1.60 bits per heavy atom. The van der Waals surface area contributed by atoms with Crippen LogP contribution in [0.5, 0.6) is 0 Å². The Morgan fingerprint density at radius 2 is 2.33 bits per heavy atom. The average molecular weight is 212 g/mol. The number of hydrogen-bond acceptors (Lipinski definition) is 2. The zero-order valence-corrected chi connectivity index (χ0v) is 9.28. The molecular weight excluding hydrogens is 192 g/mol. The predicted octanol–water partition coefficient (Wildman–Crippen LogP) is 1.12. The Morgan fingerprint density at radius 3 is 2.87 bits per heavy atom. The van der Waals surface area contributed by atoms with Gasteiger partial charge in [0.25, 0.3) is 0 Å². The lowest BCUT2D eigenvalue weighted by Gasteiger charge is -2.21. The highest BCUT2D eigenvalue weighted by Crippen LogP contribution is 2.26. The third kappa shape index (κ3) is 4.34. The summed E-state index contributed by atoms with van der Waals surface area (Å²) in [6.07, 6.45) is 7.00. The van der Waals surface area contributed by atoms with Gasteiger partial charge in [0.15, 0.2) is 0 Å². The molecule has 1 aliphatic rings. The maximum Gasteiger partial charge on any atom is 0.317 e. The second-order valence-corrected chi connectivity index (χ2v) is 3.74. The number of carbonyl (C=O) groups is 1. The largest absolute Gasteiger partial charge is 0.395 e. The lowest BCUT2D eigenvalue weighted by Crippen LogP contribution is -2.43. The smallest absolute Gasteiger partial charge is 0.317 e. The highest BCUT2D eigenvalue weighted by Gasteiger charge is 2.31. The van der Waals surface area contributed by atoms with E-state index in [2.05, 4.69) is 5.32 Å². The molecule has 0 bridgehead atoms. The summed E-state index contributed by atoms with van der Waals surface area (Å²) in [6.45, 7) is 3.11. The van der Waals surface area contributed by atoms with Gasteiger partial charge in [-0.05, 0) is 26.2 Å². The number of rotatable bonds is 6. The van der Waals surface area contributed by atoms with E-state index in [9.17, 15) is 4.79 Å². The summed E-state index contributed by atoms with van der Waals surface area (Å²) < 4.78 is 0. The summed E-state index contributed by atoms with van der Waals surface area (Å²) in [5.74, 6) is 0. The summed E-state index contributed by atoms with van der Waals surface area (Å²) in [7, 11) is 0. The van der Waals surface area contributed by atoms with Gasteiger partial charge in [-0.25, -0.2) is 4.79 Å². The predicted molar refractivity (Wildman–Crippen MR) is 59.6 cm³/mol. The molecule has 4 nitrogen and oxygen atoms in total. The third-order valence-electron chi connectivity index (χ3n) is 2.41. The first kappa shape index (κ1) is 12.0. The number of carbonyl (C=O) groups excluding carboxylic acids is 1. The second kappa shape index (κ2) is 6.45.